The number of nitrogens with one attached hydrogen (secondary N) is 1. The Bertz CT molecular complexity index is 1040. The molecule has 148 valence electrons. The molecule has 2 heterocycles. The smallest absolute Gasteiger partial charge is 0.255 e. The van der Waals surface area contributed by atoms with Crippen molar-refractivity contribution in [2.75, 3.05) is 11.1 Å². The number of rotatable bonds is 5. The molecule has 1 aromatic heterocycles. The van der Waals surface area contributed by atoms with Gasteiger partial charge in [0.25, 0.3) is 5.91 Å². The fraction of sp³-hybridized carbons (Fsp3) is 0.143. The van der Waals surface area contributed by atoms with Crippen molar-refractivity contribution < 1.29 is 18.4 Å². The maximum Gasteiger partial charge on any atom is 0.255 e. The number of halogens is 2. The summed E-state index contributed by atoms with van der Waals surface area (Å²) in [5.74, 6) is 0.295. The Morgan fingerprint density at radius 2 is 2.03 bits per heavy atom. The van der Waals surface area contributed by atoms with E-state index < -0.39 is 5.82 Å². The fourth-order valence-corrected chi connectivity index (χ4v) is 4.42. The second-order valence-electron chi connectivity index (χ2n) is 6.47. The summed E-state index contributed by atoms with van der Waals surface area (Å²) < 4.78 is 18.6. The van der Waals surface area contributed by atoms with Crippen LogP contribution in [-0.4, -0.2) is 22.5 Å². The summed E-state index contributed by atoms with van der Waals surface area (Å²) in [6, 6.07) is 14.7. The van der Waals surface area contributed by atoms with Crippen LogP contribution in [0.3, 0.4) is 0 Å². The molecule has 0 spiro atoms. The Balaban J connectivity index is 1.47. The van der Waals surface area contributed by atoms with Crippen molar-refractivity contribution in [2.24, 2.45) is 0 Å². The van der Waals surface area contributed by atoms with E-state index in [2.05, 4.69) is 5.32 Å². The quantitative estimate of drug-likeness (QED) is 0.611. The van der Waals surface area contributed by atoms with Gasteiger partial charge < -0.3 is 14.6 Å². The third-order valence-corrected chi connectivity index (χ3v) is 6.06. The van der Waals surface area contributed by atoms with E-state index in [0.29, 0.717) is 23.5 Å². The van der Waals surface area contributed by atoms with E-state index in [-0.39, 0.29) is 22.2 Å². The van der Waals surface area contributed by atoms with Crippen LogP contribution in [0, 0.1) is 5.82 Å². The first-order chi connectivity index (χ1) is 14.0. The summed E-state index contributed by atoms with van der Waals surface area (Å²) in [5.41, 5.74) is 1.78. The number of furan rings is 1. The van der Waals surface area contributed by atoms with Crippen molar-refractivity contribution in [3.8, 4) is 0 Å². The molecule has 1 aliphatic heterocycles. The molecule has 8 heteroatoms. The minimum Gasteiger partial charge on any atom is -0.467 e. The van der Waals surface area contributed by atoms with Crippen molar-refractivity contribution in [3.63, 3.8) is 0 Å². The number of hydrogen-bond donors (Lipinski definition) is 1. The van der Waals surface area contributed by atoms with Gasteiger partial charge in [0.05, 0.1) is 23.6 Å². The zero-order chi connectivity index (χ0) is 20.4. The first kappa shape index (κ1) is 19.5. The van der Waals surface area contributed by atoms with E-state index in [1.165, 1.54) is 30.0 Å². The normalized spacial score (nSPS) is 16.3. The highest BCUT2D eigenvalue weighted by molar-refractivity contribution is 8.00. The molecule has 0 radical (unpaired) electrons. The Labute approximate surface area is 175 Å². The molecule has 29 heavy (non-hydrogen) atoms. The second-order valence-corrected chi connectivity index (χ2v) is 7.95. The van der Waals surface area contributed by atoms with Crippen molar-refractivity contribution in [1.29, 1.82) is 0 Å². The third kappa shape index (κ3) is 4.31. The maximum absolute atomic E-state index is 13.2. The van der Waals surface area contributed by atoms with Gasteiger partial charge in [0.2, 0.25) is 5.91 Å². The van der Waals surface area contributed by atoms with Crippen LogP contribution in [0.5, 0.6) is 0 Å². The Morgan fingerprint density at radius 1 is 1.24 bits per heavy atom. The van der Waals surface area contributed by atoms with Crippen LogP contribution < -0.4 is 5.32 Å². The lowest BCUT2D eigenvalue weighted by Crippen LogP contribution is -2.27. The number of carbonyl (C=O) groups excluding carboxylic acids is 2. The van der Waals surface area contributed by atoms with Crippen molar-refractivity contribution in [1.82, 2.24) is 4.90 Å². The van der Waals surface area contributed by atoms with Gasteiger partial charge in [0, 0.05) is 11.3 Å². The molecule has 1 fully saturated rings. The van der Waals surface area contributed by atoms with E-state index in [0.717, 1.165) is 11.3 Å². The minimum atomic E-state index is -0.545. The first-order valence-electron chi connectivity index (χ1n) is 8.81. The van der Waals surface area contributed by atoms with Crippen molar-refractivity contribution in [2.45, 2.75) is 11.9 Å². The van der Waals surface area contributed by atoms with Crippen molar-refractivity contribution in [3.05, 3.63) is 88.6 Å². The lowest BCUT2D eigenvalue weighted by atomic mass is 10.1. The number of thioether (sulfide) groups is 1. The van der Waals surface area contributed by atoms with Gasteiger partial charge in [0.1, 0.15) is 17.0 Å². The molecule has 5 nitrogen and oxygen atoms in total. The molecule has 2 amide bonds. The number of amides is 2. The van der Waals surface area contributed by atoms with E-state index in [4.69, 9.17) is 16.0 Å². The zero-order valence-corrected chi connectivity index (χ0v) is 16.7. The average molecular weight is 431 g/mol. The lowest BCUT2D eigenvalue weighted by Gasteiger charge is -2.23. The molecule has 1 N–H and O–H groups in total. The molecule has 0 bridgehead atoms. The molecular weight excluding hydrogens is 415 g/mol. The van der Waals surface area contributed by atoms with Gasteiger partial charge in [0.15, 0.2) is 0 Å². The summed E-state index contributed by atoms with van der Waals surface area (Å²) in [5, 5.41) is 2.49. The molecule has 0 saturated carbocycles. The van der Waals surface area contributed by atoms with Crippen LogP contribution >= 0.6 is 23.4 Å². The van der Waals surface area contributed by atoms with Gasteiger partial charge in [-0.25, -0.2) is 4.39 Å². The van der Waals surface area contributed by atoms with Crippen LogP contribution in [0.25, 0.3) is 0 Å². The van der Waals surface area contributed by atoms with Gasteiger partial charge in [-0.15, -0.1) is 11.8 Å². The van der Waals surface area contributed by atoms with Crippen LogP contribution in [0.4, 0.5) is 10.1 Å². The Kier molecular flexibility index (Phi) is 5.60. The first-order valence-corrected chi connectivity index (χ1v) is 10.2. The number of anilines is 1. The summed E-state index contributed by atoms with van der Waals surface area (Å²) in [6.45, 7) is 0.400. The zero-order valence-electron chi connectivity index (χ0n) is 15.1. The van der Waals surface area contributed by atoms with Crippen LogP contribution in [0.15, 0.2) is 65.3 Å². The molecule has 3 aromatic rings. The molecular formula is C21H16ClFN2O3S. The summed E-state index contributed by atoms with van der Waals surface area (Å²) in [4.78, 5) is 26.5. The summed E-state index contributed by atoms with van der Waals surface area (Å²) in [7, 11) is 0. The van der Waals surface area contributed by atoms with Gasteiger partial charge in [-0.3, -0.25) is 9.59 Å². The molecule has 2 aromatic carbocycles. The van der Waals surface area contributed by atoms with E-state index in [9.17, 15) is 14.0 Å². The van der Waals surface area contributed by atoms with Crippen molar-refractivity contribution >= 4 is 40.9 Å². The second kappa shape index (κ2) is 8.31. The highest BCUT2D eigenvalue weighted by Gasteiger charge is 2.33. The van der Waals surface area contributed by atoms with Gasteiger partial charge in [-0.05, 0) is 48.0 Å². The number of hydrogen-bond acceptors (Lipinski definition) is 4. The van der Waals surface area contributed by atoms with Gasteiger partial charge >= 0.3 is 0 Å². The van der Waals surface area contributed by atoms with E-state index >= 15 is 0 Å². The monoisotopic (exact) mass is 430 g/mol. The predicted octanol–water partition coefficient (Wildman–Crippen LogP) is 5.10. The molecule has 1 aliphatic rings. The lowest BCUT2D eigenvalue weighted by molar-refractivity contribution is -0.128. The van der Waals surface area contributed by atoms with E-state index in [1.54, 1.807) is 29.4 Å². The SMILES string of the molecule is O=C(Nc1ccc(F)c(Cl)c1)c1ccc([C@@H]2SCC(=O)N2Cc2ccco2)cc1. The Morgan fingerprint density at radius 3 is 2.72 bits per heavy atom. The topological polar surface area (TPSA) is 62.6 Å². The number of carbonyl (C=O) groups is 2. The number of benzene rings is 2. The third-order valence-electron chi connectivity index (χ3n) is 4.51. The Hall–Kier alpha value is -2.77. The summed E-state index contributed by atoms with van der Waals surface area (Å²) >= 11 is 7.28. The van der Waals surface area contributed by atoms with E-state index in [1.807, 2.05) is 18.2 Å². The highest BCUT2D eigenvalue weighted by Crippen LogP contribution is 2.39. The summed E-state index contributed by atoms with van der Waals surface area (Å²) in [6.07, 6.45) is 1.58. The standard InChI is InChI=1S/C21H16ClFN2O3S/c22-17-10-15(7-8-18(17)23)24-20(27)13-3-5-14(6-4-13)21-25(19(26)12-29-21)11-16-2-1-9-28-16/h1-10,21H,11-12H2,(H,24,27)/t21-/m0/s1. The molecule has 0 aliphatic carbocycles. The van der Waals surface area contributed by atoms with Crippen LogP contribution in [0.2, 0.25) is 5.02 Å². The molecule has 1 saturated heterocycles. The molecule has 0 unspecified atom stereocenters. The molecule has 4 rings (SSSR count). The van der Waals surface area contributed by atoms with Crippen LogP contribution in [-0.2, 0) is 11.3 Å². The maximum atomic E-state index is 13.2. The largest absolute Gasteiger partial charge is 0.467 e. The van der Waals surface area contributed by atoms with Gasteiger partial charge in [-0.1, -0.05) is 23.7 Å². The van der Waals surface area contributed by atoms with Gasteiger partial charge in [-0.2, -0.15) is 0 Å². The number of nitrogens with zero attached hydrogens (tertiary/aromatic N) is 1. The average Bonchev–Trinajstić information content (AvgIpc) is 3.36. The molecule has 1 atom stereocenters. The highest BCUT2D eigenvalue weighted by atomic mass is 35.5. The minimum absolute atomic E-state index is 0.0476. The fourth-order valence-electron chi connectivity index (χ4n) is 3.05. The van der Waals surface area contributed by atoms with Crippen LogP contribution in [0.1, 0.15) is 27.1 Å². The predicted molar refractivity (Wildman–Crippen MR) is 110 cm³/mol.